The third-order valence-corrected chi connectivity index (χ3v) is 2.54. The maximum atomic E-state index is 13.2. The van der Waals surface area contributed by atoms with Gasteiger partial charge in [0.1, 0.15) is 17.7 Å². The third-order valence-electron chi connectivity index (χ3n) is 2.54. The van der Waals surface area contributed by atoms with E-state index in [-0.39, 0.29) is 18.5 Å². The first kappa shape index (κ1) is 15.2. The summed E-state index contributed by atoms with van der Waals surface area (Å²) in [5, 5.41) is 23.0. The van der Waals surface area contributed by atoms with Crippen molar-refractivity contribution in [2.75, 3.05) is 13.2 Å². The molecule has 0 saturated heterocycles. The van der Waals surface area contributed by atoms with Crippen LogP contribution in [-0.4, -0.2) is 29.5 Å². The molecule has 2 unspecified atom stereocenters. The van der Waals surface area contributed by atoms with Gasteiger partial charge >= 0.3 is 0 Å². The average molecular weight is 269 g/mol. The molecule has 0 radical (unpaired) electrons. The first-order valence-electron chi connectivity index (χ1n) is 5.89. The Kier molecular flexibility index (Phi) is 6.08. The van der Waals surface area contributed by atoms with Crippen LogP contribution < -0.4 is 4.74 Å². The van der Waals surface area contributed by atoms with Crippen molar-refractivity contribution in [2.45, 2.75) is 25.6 Å². The zero-order valence-corrected chi connectivity index (χ0v) is 10.5. The topological polar surface area (TPSA) is 98.5 Å². The molecule has 2 atom stereocenters. The molecule has 0 aliphatic rings. The van der Waals surface area contributed by atoms with Crippen LogP contribution in [-0.2, 0) is 0 Å². The highest BCUT2D eigenvalue weighted by atomic mass is 19.1. The molecule has 2 N–H and O–H groups in total. The molecule has 1 aromatic carbocycles. The molecule has 0 amide bonds. The van der Waals surface area contributed by atoms with Gasteiger partial charge in [-0.1, -0.05) is 5.11 Å². The van der Waals surface area contributed by atoms with Gasteiger partial charge in [0.2, 0.25) is 0 Å². The predicted molar refractivity (Wildman–Crippen MR) is 67.2 cm³/mol. The SMILES string of the molecule is CCOc1ccc(F)cc1C(O)C(O)CCN=[N+]=[N-]. The Morgan fingerprint density at radius 3 is 2.84 bits per heavy atom. The second kappa shape index (κ2) is 7.58. The van der Waals surface area contributed by atoms with Crippen LogP contribution in [0.4, 0.5) is 4.39 Å². The Bertz CT molecular complexity index is 464. The highest BCUT2D eigenvalue weighted by molar-refractivity contribution is 5.36. The van der Waals surface area contributed by atoms with E-state index in [2.05, 4.69) is 10.0 Å². The van der Waals surface area contributed by atoms with Gasteiger partial charge in [-0.3, -0.25) is 0 Å². The van der Waals surface area contributed by atoms with Crippen molar-refractivity contribution >= 4 is 0 Å². The molecule has 1 rings (SSSR count). The van der Waals surface area contributed by atoms with Crippen molar-refractivity contribution in [1.29, 1.82) is 0 Å². The molecular formula is C12H16FN3O3. The minimum absolute atomic E-state index is 0.0496. The highest BCUT2D eigenvalue weighted by Gasteiger charge is 2.22. The summed E-state index contributed by atoms with van der Waals surface area (Å²) in [4.78, 5) is 2.55. The number of hydrogen-bond acceptors (Lipinski definition) is 4. The van der Waals surface area contributed by atoms with Crippen molar-refractivity contribution in [2.24, 2.45) is 5.11 Å². The van der Waals surface area contributed by atoms with Crippen molar-refractivity contribution in [3.05, 3.63) is 40.0 Å². The minimum Gasteiger partial charge on any atom is -0.493 e. The van der Waals surface area contributed by atoms with E-state index in [0.29, 0.717) is 12.4 Å². The molecule has 0 heterocycles. The molecule has 19 heavy (non-hydrogen) atoms. The monoisotopic (exact) mass is 269 g/mol. The Balaban J connectivity index is 2.86. The van der Waals surface area contributed by atoms with Gasteiger partial charge in [0.05, 0.1) is 12.7 Å². The smallest absolute Gasteiger partial charge is 0.125 e. The maximum absolute atomic E-state index is 13.2. The van der Waals surface area contributed by atoms with Crippen LogP contribution in [0.15, 0.2) is 23.3 Å². The number of ether oxygens (including phenoxy) is 1. The van der Waals surface area contributed by atoms with Crippen LogP contribution in [0.25, 0.3) is 10.4 Å². The van der Waals surface area contributed by atoms with Gasteiger partial charge in [0.25, 0.3) is 0 Å². The summed E-state index contributed by atoms with van der Waals surface area (Å²) < 4.78 is 18.5. The lowest BCUT2D eigenvalue weighted by Gasteiger charge is -2.20. The van der Waals surface area contributed by atoms with Crippen LogP contribution in [0.3, 0.4) is 0 Å². The van der Waals surface area contributed by atoms with Gasteiger partial charge in [-0.25, -0.2) is 4.39 Å². The maximum Gasteiger partial charge on any atom is 0.125 e. The molecule has 0 fully saturated rings. The Hall–Kier alpha value is -1.82. The molecule has 0 spiro atoms. The van der Waals surface area contributed by atoms with Crippen LogP contribution in [0, 0.1) is 5.82 Å². The van der Waals surface area contributed by atoms with E-state index < -0.39 is 18.0 Å². The highest BCUT2D eigenvalue weighted by Crippen LogP contribution is 2.29. The van der Waals surface area contributed by atoms with Gasteiger partial charge < -0.3 is 14.9 Å². The van der Waals surface area contributed by atoms with Crippen LogP contribution in [0.1, 0.15) is 25.0 Å². The lowest BCUT2D eigenvalue weighted by atomic mass is 10.0. The Morgan fingerprint density at radius 2 is 2.21 bits per heavy atom. The van der Waals surface area contributed by atoms with Crippen molar-refractivity contribution in [3.8, 4) is 5.75 Å². The molecule has 0 aliphatic heterocycles. The number of nitrogens with zero attached hydrogens (tertiary/aromatic N) is 3. The number of benzene rings is 1. The number of aliphatic hydroxyl groups is 2. The van der Waals surface area contributed by atoms with E-state index in [9.17, 15) is 14.6 Å². The second-order valence-electron chi connectivity index (χ2n) is 3.87. The fourth-order valence-electron chi connectivity index (χ4n) is 1.64. The summed E-state index contributed by atoms with van der Waals surface area (Å²) >= 11 is 0. The van der Waals surface area contributed by atoms with E-state index in [1.54, 1.807) is 6.92 Å². The minimum atomic E-state index is -1.30. The molecule has 0 aromatic heterocycles. The van der Waals surface area contributed by atoms with Crippen LogP contribution in [0.5, 0.6) is 5.75 Å². The molecule has 0 bridgehead atoms. The molecule has 104 valence electrons. The van der Waals surface area contributed by atoms with Gasteiger partial charge in [-0.05, 0) is 37.1 Å². The normalized spacial score (nSPS) is 13.5. The van der Waals surface area contributed by atoms with Crippen LogP contribution >= 0.6 is 0 Å². The molecule has 0 aliphatic carbocycles. The first-order chi connectivity index (χ1) is 9.10. The van der Waals surface area contributed by atoms with Crippen molar-refractivity contribution < 1.29 is 19.3 Å². The predicted octanol–water partition coefficient (Wildman–Crippen LogP) is 2.32. The van der Waals surface area contributed by atoms with Crippen LogP contribution in [0.2, 0.25) is 0 Å². The van der Waals surface area contributed by atoms with Gasteiger partial charge in [0.15, 0.2) is 0 Å². The zero-order valence-electron chi connectivity index (χ0n) is 10.5. The number of hydrogen-bond donors (Lipinski definition) is 2. The largest absolute Gasteiger partial charge is 0.493 e. The summed E-state index contributed by atoms with van der Waals surface area (Å²) in [6, 6.07) is 3.73. The lowest BCUT2D eigenvalue weighted by molar-refractivity contribution is 0.0133. The average Bonchev–Trinajstić information content (AvgIpc) is 2.40. The van der Waals surface area contributed by atoms with E-state index >= 15 is 0 Å². The lowest BCUT2D eigenvalue weighted by Crippen LogP contribution is -2.20. The summed E-state index contributed by atoms with van der Waals surface area (Å²) in [6.07, 6.45) is -2.38. The van der Waals surface area contributed by atoms with Crippen molar-refractivity contribution in [1.82, 2.24) is 0 Å². The van der Waals surface area contributed by atoms with E-state index in [1.165, 1.54) is 12.1 Å². The van der Waals surface area contributed by atoms with E-state index in [1.807, 2.05) is 0 Å². The summed E-state index contributed by atoms with van der Waals surface area (Å²) in [5.41, 5.74) is 8.31. The quantitative estimate of drug-likeness (QED) is 0.451. The summed E-state index contributed by atoms with van der Waals surface area (Å²) in [6.45, 7) is 2.17. The second-order valence-corrected chi connectivity index (χ2v) is 3.87. The van der Waals surface area contributed by atoms with E-state index in [4.69, 9.17) is 10.3 Å². The number of halogens is 1. The number of aliphatic hydroxyl groups excluding tert-OH is 2. The fraction of sp³-hybridized carbons (Fsp3) is 0.500. The number of rotatable bonds is 7. The molecule has 6 nitrogen and oxygen atoms in total. The summed E-state index contributed by atoms with van der Waals surface area (Å²) in [7, 11) is 0. The van der Waals surface area contributed by atoms with E-state index in [0.717, 1.165) is 6.07 Å². The third kappa shape index (κ3) is 4.40. The van der Waals surface area contributed by atoms with Gasteiger partial charge in [0, 0.05) is 17.0 Å². The molecular weight excluding hydrogens is 253 g/mol. The number of azide groups is 1. The Labute approximate surface area is 110 Å². The standard InChI is InChI=1S/C12H16FN3O3/c1-2-19-11-4-3-8(13)7-9(11)12(18)10(17)5-6-15-16-14/h3-4,7,10,12,17-18H,2,5-6H2,1H3. The summed E-state index contributed by atoms with van der Waals surface area (Å²) in [5.74, 6) is -0.209. The van der Waals surface area contributed by atoms with Crippen molar-refractivity contribution in [3.63, 3.8) is 0 Å². The molecule has 7 heteroatoms. The fourth-order valence-corrected chi connectivity index (χ4v) is 1.64. The zero-order chi connectivity index (χ0) is 14.3. The van der Waals surface area contributed by atoms with Gasteiger partial charge in [-0.2, -0.15) is 0 Å². The molecule has 0 saturated carbocycles. The molecule has 1 aromatic rings. The van der Waals surface area contributed by atoms with Gasteiger partial charge in [-0.15, -0.1) is 0 Å². The Morgan fingerprint density at radius 1 is 1.47 bits per heavy atom. The first-order valence-corrected chi connectivity index (χ1v) is 5.89.